The summed E-state index contributed by atoms with van der Waals surface area (Å²) in [5, 5.41) is 0. The van der Waals surface area contributed by atoms with Crippen LogP contribution in [0.2, 0.25) is 0 Å². The Balaban J connectivity index is 1.55. The molecule has 3 nitrogen and oxygen atoms in total. The molecule has 0 spiro atoms. The van der Waals surface area contributed by atoms with Crippen LogP contribution in [0.3, 0.4) is 0 Å². The molecule has 0 N–H and O–H groups in total. The summed E-state index contributed by atoms with van der Waals surface area (Å²) in [4.78, 5) is 15.6. The molecule has 7 heteroatoms. The van der Waals surface area contributed by atoms with Gasteiger partial charge in [-0.25, -0.2) is 0 Å². The predicted octanol–water partition coefficient (Wildman–Crippen LogP) is 4.75. The number of alkyl halides is 3. The third kappa shape index (κ3) is 3.93. The minimum Gasteiger partial charge on any atom is -0.479 e. The Bertz CT molecular complexity index is 851. The highest BCUT2D eigenvalue weighted by Gasteiger charge is 2.40. The fourth-order valence-electron chi connectivity index (χ4n) is 3.22. The van der Waals surface area contributed by atoms with E-state index in [1.807, 2.05) is 24.3 Å². The zero-order chi connectivity index (χ0) is 19.0. The fourth-order valence-corrected chi connectivity index (χ4v) is 4.19. The summed E-state index contributed by atoms with van der Waals surface area (Å²) in [6.45, 7) is -0.0502. The number of ether oxygens (including phenoxy) is 1. The van der Waals surface area contributed by atoms with E-state index in [9.17, 15) is 18.0 Å². The molecule has 1 atom stereocenters. The van der Waals surface area contributed by atoms with E-state index >= 15 is 0 Å². The van der Waals surface area contributed by atoms with Crippen LogP contribution in [0.4, 0.5) is 13.2 Å². The van der Waals surface area contributed by atoms with Gasteiger partial charge in [-0.3, -0.25) is 4.79 Å². The molecule has 0 saturated heterocycles. The van der Waals surface area contributed by atoms with Crippen molar-refractivity contribution in [2.24, 2.45) is 0 Å². The second-order valence-electron chi connectivity index (χ2n) is 6.72. The third-order valence-electron chi connectivity index (χ3n) is 4.72. The predicted molar refractivity (Wildman–Crippen MR) is 96.6 cm³/mol. The Kier molecular flexibility index (Phi) is 4.80. The molecule has 27 heavy (non-hydrogen) atoms. The van der Waals surface area contributed by atoms with Gasteiger partial charge in [-0.2, -0.15) is 13.2 Å². The highest BCUT2D eigenvalue weighted by atomic mass is 32.2. The highest BCUT2D eigenvalue weighted by molar-refractivity contribution is 7.99. The normalized spacial score (nSPS) is 19.1. The molecule has 1 fully saturated rings. The lowest BCUT2D eigenvalue weighted by molar-refractivity contribution is -0.142. The first-order valence-corrected chi connectivity index (χ1v) is 9.76. The van der Waals surface area contributed by atoms with Crippen LogP contribution in [-0.4, -0.2) is 28.7 Å². The van der Waals surface area contributed by atoms with Gasteiger partial charge >= 0.3 is 6.18 Å². The Morgan fingerprint density at radius 3 is 2.56 bits per heavy atom. The number of hydrogen-bond donors (Lipinski definition) is 0. The van der Waals surface area contributed by atoms with Gasteiger partial charge < -0.3 is 9.64 Å². The minimum absolute atomic E-state index is 0.00967. The van der Waals surface area contributed by atoms with Gasteiger partial charge in [-0.05, 0) is 36.6 Å². The number of carbonyl (C=O) groups excluding carboxylic acids is 1. The van der Waals surface area contributed by atoms with Crippen LogP contribution in [0.1, 0.15) is 24.0 Å². The van der Waals surface area contributed by atoms with Crippen LogP contribution in [0, 0.1) is 0 Å². The number of para-hydroxylation sites is 1. The van der Waals surface area contributed by atoms with Crippen LogP contribution >= 0.6 is 11.8 Å². The minimum atomic E-state index is -4.44. The molecule has 0 unspecified atom stereocenters. The first-order valence-electron chi connectivity index (χ1n) is 8.77. The summed E-state index contributed by atoms with van der Waals surface area (Å²) in [6.07, 6.45) is -3.49. The number of fused-ring (bicyclic) bond motifs is 1. The van der Waals surface area contributed by atoms with Crippen molar-refractivity contribution < 1.29 is 22.7 Å². The Labute approximate surface area is 159 Å². The van der Waals surface area contributed by atoms with Crippen LogP contribution in [0.5, 0.6) is 5.75 Å². The molecule has 0 radical (unpaired) electrons. The smallest absolute Gasteiger partial charge is 0.416 e. The number of rotatable bonds is 4. The van der Waals surface area contributed by atoms with Gasteiger partial charge in [0.1, 0.15) is 5.75 Å². The SMILES string of the molecule is O=C([C@H]1CSc2ccccc2O1)N(Cc1ccccc1C(F)(F)F)C1CC1. The first kappa shape index (κ1) is 18.2. The second kappa shape index (κ2) is 7.11. The van der Waals surface area contributed by atoms with Crippen LogP contribution in [0.25, 0.3) is 0 Å². The number of hydrogen-bond acceptors (Lipinski definition) is 3. The van der Waals surface area contributed by atoms with Gasteiger partial charge in [-0.1, -0.05) is 30.3 Å². The van der Waals surface area contributed by atoms with E-state index in [4.69, 9.17) is 4.74 Å². The number of halogens is 3. The molecule has 0 aromatic heterocycles. The molecule has 1 aliphatic heterocycles. The number of carbonyl (C=O) groups is 1. The van der Waals surface area contributed by atoms with Crippen molar-refractivity contribution in [2.75, 3.05) is 5.75 Å². The van der Waals surface area contributed by atoms with Crippen molar-refractivity contribution in [1.82, 2.24) is 4.90 Å². The van der Waals surface area contributed by atoms with Gasteiger partial charge in [0.05, 0.1) is 5.56 Å². The van der Waals surface area contributed by atoms with E-state index in [0.717, 1.165) is 23.8 Å². The lowest BCUT2D eigenvalue weighted by atomic mass is 10.1. The molecule has 1 saturated carbocycles. The summed E-state index contributed by atoms with van der Waals surface area (Å²) in [5.74, 6) is 0.870. The van der Waals surface area contributed by atoms with Crippen molar-refractivity contribution >= 4 is 17.7 Å². The van der Waals surface area contributed by atoms with Gasteiger partial charge in [0.2, 0.25) is 0 Å². The van der Waals surface area contributed by atoms with Crippen molar-refractivity contribution in [3.8, 4) is 5.75 Å². The Morgan fingerprint density at radius 2 is 1.81 bits per heavy atom. The lowest BCUT2D eigenvalue weighted by Gasteiger charge is -2.31. The Hall–Kier alpha value is -2.15. The molecule has 2 aromatic rings. The average Bonchev–Trinajstić information content (AvgIpc) is 3.50. The maximum atomic E-state index is 13.3. The third-order valence-corrected chi connectivity index (χ3v) is 5.84. The van der Waals surface area contributed by atoms with Crippen LogP contribution in [0.15, 0.2) is 53.4 Å². The number of amides is 1. The molecule has 2 aromatic carbocycles. The lowest BCUT2D eigenvalue weighted by Crippen LogP contribution is -2.45. The molecule has 2 aliphatic rings. The number of nitrogens with zero attached hydrogens (tertiary/aromatic N) is 1. The molecule has 1 heterocycles. The largest absolute Gasteiger partial charge is 0.479 e. The molecule has 1 amide bonds. The van der Waals surface area contributed by atoms with Crippen LogP contribution < -0.4 is 4.74 Å². The average molecular weight is 393 g/mol. The quantitative estimate of drug-likeness (QED) is 0.751. The topological polar surface area (TPSA) is 29.5 Å². The second-order valence-corrected chi connectivity index (χ2v) is 7.78. The van der Waals surface area contributed by atoms with Crippen molar-refractivity contribution in [3.05, 3.63) is 59.7 Å². The maximum Gasteiger partial charge on any atom is 0.416 e. The highest BCUT2D eigenvalue weighted by Crippen LogP contribution is 2.38. The molecule has 142 valence electrons. The zero-order valence-corrected chi connectivity index (χ0v) is 15.2. The number of benzene rings is 2. The van der Waals surface area contributed by atoms with E-state index in [-0.39, 0.29) is 24.1 Å². The van der Waals surface area contributed by atoms with Crippen molar-refractivity contribution in [1.29, 1.82) is 0 Å². The fraction of sp³-hybridized carbons (Fsp3) is 0.350. The molecular weight excluding hydrogens is 375 g/mol. The first-order chi connectivity index (χ1) is 12.9. The summed E-state index contributed by atoms with van der Waals surface area (Å²) in [6, 6.07) is 12.9. The van der Waals surface area contributed by atoms with E-state index in [2.05, 4.69) is 0 Å². The van der Waals surface area contributed by atoms with Gasteiger partial charge in [-0.15, -0.1) is 11.8 Å². The summed E-state index contributed by atoms with van der Waals surface area (Å²) in [5.41, 5.74) is -0.568. The van der Waals surface area contributed by atoms with Gasteiger partial charge in [0, 0.05) is 23.2 Å². The zero-order valence-electron chi connectivity index (χ0n) is 14.4. The summed E-state index contributed by atoms with van der Waals surface area (Å²) >= 11 is 1.54. The van der Waals surface area contributed by atoms with Gasteiger partial charge in [0.15, 0.2) is 6.10 Å². The molecule has 0 bridgehead atoms. The van der Waals surface area contributed by atoms with E-state index in [1.165, 1.54) is 23.9 Å². The Morgan fingerprint density at radius 1 is 1.11 bits per heavy atom. The maximum absolute atomic E-state index is 13.3. The van der Waals surface area contributed by atoms with Gasteiger partial charge in [0.25, 0.3) is 5.91 Å². The standard InChI is InChI=1S/C20H18F3NO2S/c21-20(22,23)15-6-2-1-5-13(15)11-24(14-9-10-14)19(25)17-12-27-18-8-4-3-7-16(18)26-17/h1-8,14,17H,9-12H2/t17-/m1/s1. The number of thioether (sulfide) groups is 1. The van der Waals surface area contributed by atoms with Crippen molar-refractivity contribution in [3.63, 3.8) is 0 Å². The van der Waals surface area contributed by atoms with E-state index in [1.54, 1.807) is 11.0 Å². The summed E-state index contributed by atoms with van der Waals surface area (Å²) < 4.78 is 45.8. The van der Waals surface area contributed by atoms with Crippen LogP contribution in [-0.2, 0) is 17.5 Å². The monoisotopic (exact) mass is 393 g/mol. The molecule has 1 aliphatic carbocycles. The van der Waals surface area contributed by atoms with E-state index in [0.29, 0.717) is 11.5 Å². The molecule has 4 rings (SSSR count). The van der Waals surface area contributed by atoms with Crippen molar-refractivity contribution in [2.45, 2.75) is 42.6 Å². The molecular formula is C20H18F3NO2S. The van der Waals surface area contributed by atoms with E-state index < -0.39 is 17.8 Å². The summed E-state index contributed by atoms with van der Waals surface area (Å²) in [7, 11) is 0.